The van der Waals surface area contributed by atoms with Crippen molar-refractivity contribution < 1.29 is 50.7 Å². The molecule has 1 saturated heterocycles. The number of hydroxylamine groups is 2. The Morgan fingerprint density at radius 3 is 2.28 bits per heavy atom. The zero-order chi connectivity index (χ0) is 32.5. The molecule has 1 aliphatic rings. The Morgan fingerprint density at radius 1 is 1.19 bits per heavy atom. The van der Waals surface area contributed by atoms with E-state index in [4.69, 9.17) is 30.6 Å². The van der Waals surface area contributed by atoms with Crippen molar-refractivity contribution >= 4 is 33.7 Å². The van der Waals surface area contributed by atoms with E-state index < -0.39 is 46.2 Å². The lowest BCUT2D eigenvalue weighted by Crippen LogP contribution is -2.49. The van der Waals surface area contributed by atoms with Crippen LogP contribution in [0.15, 0.2) is 53.4 Å². The van der Waals surface area contributed by atoms with Gasteiger partial charge in [0, 0.05) is 19.2 Å². The van der Waals surface area contributed by atoms with Crippen LogP contribution in [0.25, 0.3) is 0 Å². The van der Waals surface area contributed by atoms with E-state index in [0.29, 0.717) is 17.5 Å². The normalized spacial score (nSPS) is 17.7. The summed E-state index contributed by atoms with van der Waals surface area (Å²) in [5.41, 5.74) is 7.60. The SMILES string of the molecule is COC(=O)[C@H](CNC(=O)C[C@H]1C[C@@H](c2ccc(C(=N)N)cc2)N(C)O1)NS(=O)(=O)c1ccccc1C.O=C(O)C(F)(F)F. The van der Waals surface area contributed by atoms with Gasteiger partial charge in [0.1, 0.15) is 11.9 Å². The molecule has 3 atom stereocenters. The molecule has 1 heterocycles. The predicted molar refractivity (Wildman–Crippen MR) is 146 cm³/mol. The van der Waals surface area contributed by atoms with Gasteiger partial charge in [-0.1, -0.05) is 42.5 Å². The van der Waals surface area contributed by atoms with Gasteiger partial charge in [0.05, 0.1) is 30.6 Å². The molecule has 1 amide bonds. The number of nitrogens with one attached hydrogen (secondary N) is 3. The number of carboxylic acid groups (broad SMARTS) is 1. The number of methoxy groups -OCH3 is 1. The predicted octanol–water partition coefficient (Wildman–Crippen LogP) is 1.62. The summed E-state index contributed by atoms with van der Waals surface area (Å²) in [7, 11) is -1.11. The van der Waals surface area contributed by atoms with E-state index >= 15 is 0 Å². The number of benzene rings is 2. The third kappa shape index (κ3) is 10.3. The van der Waals surface area contributed by atoms with Crippen LogP contribution in [0.4, 0.5) is 13.2 Å². The number of amides is 1. The number of hydrogen-bond donors (Lipinski definition) is 5. The molecule has 236 valence electrons. The third-order valence-corrected chi connectivity index (χ3v) is 7.80. The van der Waals surface area contributed by atoms with E-state index in [1.807, 2.05) is 12.1 Å². The first-order chi connectivity index (χ1) is 20.0. The number of halogens is 3. The Morgan fingerprint density at radius 2 is 1.77 bits per heavy atom. The maximum absolute atomic E-state index is 12.8. The van der Waals surface area contributed by atoms with Crippen LogP contribution in [0.2, 0.25) is 0 Å². The number of carbonyl (C=O) groups is 3. The van der Waals surface area contributed by atoms with E-state index in [9.17, 15) is 31.2 Å². The number of amidine groups is 1. The van der Waals surface area contributed by atoms with Crippen LogP contribution in [0.3, 0.4) is 0 Å². The quantitative estimate of drug-likeness (QED) is 0.146. The minimum Gasteiger partial charge on any atom is -0.475 e. The van der Waals surface area contributed by atoms with Gasteiger partial charge in [-0.05, 0) is 30.5 Å². The van der Waals surface area contributed by atoms with Gasteiger partial charge in [-0.3, -0.25) is 19.8 Å². The van der Waals surface area contributed by atoms with E-state index in [0.717, 1.165) is 12.7 Å². The van der Waals surface area contributed by atoms with Gasteiger partial charge >= 0.3 is 18.1 Å². The molecule has 0 unspecified atom stereocenters. The number of carboxylic acids is 1. The van der Waals surface area contributed by atoms with Crippen LogP contribution in [0.5, 0.6) is 0 Å². The van der Waals surface area contributed by atoms with Crippen molar-refractivity contribution in [2.24, 2.45) is 5.73 Å². The zero-order valence-electron chi connectivity index (χ0n) is 23.3. The molecular weight excluding hydrogens is 599 g/mol. The van der Waals surface area contributed by atoms with Gasteiger partial charge in [0.2, 0.25) is 15.9 Å². The molecule has 6 N–H and O–H groups in total. The number of nitrogen functional groups attached to an aromatic ring is 1. The van der Waals surface area contributed by atoms with E-state index in [1.165, 1.54) is 6.07 Å². The fraction of sp³-hybridized carbons (Fsp3) is 0.385. The van der Waals surface area contributed by atoms with Gasteiger partial charge in [-0.25, -0.2) is 13.2 Å². The van der Waals surface area contributed by atoms with Crippen LogP contribution < -0.4 is 15.8 Å². The first kappa shape index (κ1) is 35.1. The van der Waals surface area contributed by atoms with Crippen molar-refractivity contribution in [2.45, 2.75) is 49.0 Å². The number of nitrogens with zero attached hydrogens (tertiary/aromatic N) is 1. The van der Waals surface area contributed by atoms with E-state index in [1.54, 1.807) is 49.4 Å². The van der Waals surface area contributed by atoms with Crippen LogP contribution >= 0.6 is 0 Å². The topological polar surface area (TPSA) is 201 Å². The summed E-state index contributed by atoms with van der Waals surface area (Å²) in [6.07, 6.45) is -4.93. The molecule has 17 heteroatoms. The van der Waals surface area contributed by atoms with Crippen molar-refractivity contribution in [3.63, 3.8) is 0 Å². The number of hydrogen-bond acceptors (Lipinski definition) is 9. The van der Waals surface area contributed by atoms with Crippen molar-refractivity contribution in [1.82, 2.24) is 15.1 Å². The summed E-state index contributed by atoms with van der Waals surface area (Å²) < 4.78 is 64.4. The minimum absolute atomic E-state index is 0.0152. The maximum Gasteiger partial charge on any atom is 0.490 e. The molecule has 0 aromatic heterocycles. The summed E-state index contributed by atoms with van der Waals surface area (Å²) >= 11 is 0. The summed E-state index contributed by atoms with van der Waals surface area (Å²) in [6, 6.07) is 12.2. The highest BCUT2D eigenvalue weighted by Crippen LogP contribution is 2.34. The first-order valence-electron chi connectivity index (χ1n) is 12.5. The van der Waals surface area contributed by atoms with Gasteiger partial charge < -0.3 is 20.9 Å². The van der Waals surface area contributed by atoms with Gasteiger partial charge in [-0.2, -0.15) is 23.0 Å². The number of nitrogens with two attached hydrogens (primary N) is 1. The Labute approximate surface area is 245 Å². The number of alkyl halides is 3. The molecule has 1 fully saturated rings. The average molecular weight is 632 g/mol. The van der Waals surface area contributed by atoms with Crippen molar-refractivity contribution in [2.75, 3.05) is 20.7 Å². The lowest BCUT2D eigenvalue weighted by atomic mass is 9.99. The number of rotatable bonds is 10. The first-order valence-corrected chi connectivity index (χ1v) is 14.0. The molecule has 3 rings (SSSR count). The van der Waals surface area contributed by atoms with Crippen LogP contribution in [-0.2, 0) is 34.0 Å². The van der Waals surface area contributed by atoms with Crippen LogP contribution in [0, 0.1) is 12.3 Å². The number of sulfonamides is 1. The Kier molecular flexibility index (Phi) is 12.2. The van der Waals surface area contributed by atoms with Crippen molar-refractivity contribution in [3.8, 4) is 0 Å². The monoisotopic (exact) mass is 631 g/mol. The highest BCUT2D eigenvalue weighted by molar-refractivity contribution is 7.89. The van der Waals surface area contributed by atoms with Crippen LogP contribution in [-0.4, -0.2) is 81.3 Å². The molecular formula is C26H32F3N5O8S. The van der Waals surface area contributed by atoms with E-state index in [-0.39, 0.29) is 29.7 Å². The summed E-state index contributed by atoms with van der Waals surface area (Å²) in [6.45, 7) is 1.36. The average Bonchev–Trinajstić information content (AvgIpc) is 3.29. The van der Waals surface area contributed by atoms with Crippen LogP contribution in [0.1, 0.15) is 35.6 Å². The highest BCUT2D eigenvalue weighted by atomic mass is 32.2. The molecule has 0 aliphatic carbocycles. The number of ether oxygens (including phenoxy) is 1. The van der Waals surface area contributed by atoms with Gasteiger partial charge in [-0.15, -0.1) is 0 Å². The van der Waals surface area contributed by atoms with Crippen molar-refractivity contribution in [1.29, 1.82) is 5.41 Å². The zero-order valence-corrected chi connectivity index (χ0v) is 24.2. The van der Waals surface area contributed by atoms with Gasteiger partial charge in [0.25, 0.3) is 0 Å². The number of aryl methyl sites for hydroxylation is 1. The lowest BCUT2D eigenvalue weighted by Gasteiger charge is -2.19. The number of esters is 1. The number of aliphatic carboxylic acids is 1. The smallest absolute Gasteiger partial charge is 0.475 e. The lowest BCUT2D eigenvalue weighted by molar-refractivity contribution is -0.192. The second kappa shape index (κ2) is 14.9. The van der Waals surface area contributed by atoms with Crippen molar-refractivity contribution in [3.05, 3.63) is 65.2 Å². The Hall–Kier alpha value is -4.06. The highest BCUT2D eigenvalue weighted by Gasteiger charge is 2.38. The second-order valence-electron chi connectivity index (χ2n) is 9.33. The molecule has 2 aromatic rings. The largest absolute Gasteiger partial charge is 0.490 e. The molecule has 0 saturated carbocycles. The molecule has 0 radical (unpaired) electrons. The molecule has 13 nitrogen and oxygen atoms in total. The summed E-state index contributed by atoms with van der Waals surface area (Å²) in [5, 5.41) is 18.9. The fourth-order valence-electron chi connectivity index (χ4n) is 4.02. The fourth-order valence-corrected chi connectivity index (χ4v) is 5.45. The number of carbonyl (C=O) groups excluding carboxylic acids is 2. The Balaban J connectivity index is 0.000000821. The summed E-state index contributed by atoms with van der Waals surface area (Å²) in [4.78, 5) is 39.6. The van der Waals surface area contributed by atoms with E-state index in [2.05, 4.69) is 10.0 Å². The Bertz CT molecular complexity index is 1420. The third-order valence-electron chi connectivity index (χ3n) is 6.17. The summed E-state index contributed by atoms with van der Waals surface area (Å²) in [5.74, 6) is -3.99. The minimum atomic E-state index is -5.08. The second-order valence-corrected chi connectivity index (χ2v) is 11.0. The maximum atomic E-state index is 12.8. The van der Waals surface area contributed by atoms with Gasteiger partial charge in [0.15, 0.2) is 0 Å². The molecule has 43 heavy (non-hydrogen) atoms. The molecule has 1 aliphatic heterocycles. The molecule has 0 spiro atoms. The molecule has 2 aromatic carbocycles. The standard InChI is InChI=1S/C24H31N5O6S.C2HF3O2/c1-15-6-4-5-7-21(15)36(32,33)28-19(24(31)34-3)14-27-22(30)13-18-12-20(29(2)35-18)16-8-10-17(11-9-16)23(25)26;3-2(4,5)1(6)7/h4-11,18-20,28H,12-14H2,1-3H3,(H3,25,26)(H,27,30);(H,6,7)/t18-,19+,20+;/m1./s1. The molecule has 0 bridgehead atoms.